The Balaban J connectivity index is 2.05. The Morgan fingerprint density at radius 2 is 2.07 bits per heavy atom. The molecule has 1 fully saturated rings. The van der Waals surface area contributed by atoms with Crippen LogP contribution < -0.4 is 5.32 Å². The van der Waals surface area contributed by atoms with E-state index in [0.29, 0.717) is 0 Å². The van der Waals surface area contributed by atoms with Gasteiger partial charge >= 0.3 is 0 Å². The lowest BCUT2D eigenvalue weighted by molar-refractivity contribution is 0.180. The summed E-state index contributed by atoms with van der Waals surface area (Å²) in [6.45, 7) is 5.31. The Morgan fingerprint density at radius 1 is 1.27 bits per heavy atom. The van der Waals surface area contributed by atoms with E-state index < -0.39 is 0 Å². The Morgan fingerprint density at radius 3 is 2.80 bits per heavy atom. The van der Waals surface area contributed by atoms with Gasteiger partial charge in [-0.1, -0.05) is 19.8 Å². The SMILES string of the molecule is CC(O)CCCNC1CCCC(C)CC1. The maximum atomic E-state index is 9.14. The van der Waals surface area contributed by atoms with Gasteiger partial charge in [-0.2, -0.15) is 0 Å². The van der Waals surface area contributed by atoms with Crippen molar-refractivity contribution >= 4 is 0 Å². The molecule has 2 nitrogen and oxygen atoms in total. The first-order valence-corrected chi connectivity index (χ1v) is 6.60. The number of aliphatic hydroxyl groups excluding tert-OH is 1. The fourth-order valence-corrected chi connectivity index (χ4v) is 2.39. The predicted molar refractivity (Wildman–Crippen MR) is 65.0 cm³/mol. The molecule has 0 aliphatic heterocycles. The highest BCUT2D eigenvalue weighted by Crippen LogP contribution is 2.22. The van der Waals surface area contributed by atoms with Crippen molar-refractivity contribution < 1.29 is 5.11 Å². The third-order valence-electron chi connectivity index (χ3n) is 3.49. The van der Waals surface area contributed by atoms with Gasteiger partial charge in [0.25, 0.3) is 0 Å². The molecule has 3 unspecified atom stereocenters. The van der Waals surface area contributed by atoms with Gasteiger partial charge in [0.05, 0.1) is 6.10 Å². The average Bonchev–Trinajstić information content (AvgIpc) is 2.38. The van der Waals surface area contributed by atoms with Crippen molar-refractivity contribution in [2.75, 3.05) is 6.54 Å². The molecule has 0 radical (unpaired) electrons. The third kappa shape index (κ3) is 6.16. The minimum atomic E-state index is -0.138. The Labute approximate surface area is 94.5 Å². The summed E-state index contributed by atoms with van der Waals surface area (Å²) < 4.78 is 0. The first kappa shape index (κ1) is 13.0. The first-order chi connectivity index (χ1) is 7.18. The summed E-state index contributed by atoms with van der Waals surface area (Å²) in [5.74, 6) is 0.925. The topological polar surface area (TPSA) is 32.3 Å². The summed E-state index contributed by atoms with van der Waals surface area (Å²) >= 11 is 0. The van der Waals surface area contributed by atoms with E-state index in [1.807, 2.05) is 6.92 Å². The second-order valence-corrected chi connectivity index (χ2v) is 5.26. The summed E-state index contributed by atoms with van der Waals surface area (Å²) in [5.41, 5.74) is 0. The number of aliphatic hydroxyl groups is 1. The number of hydrogen-bond donors (Lipinski definition) is 2. The molecule has 0 aromatic rings. The van der Waals surface area contributed by atoms with E-state index in [-0.39, 0.29) is 6.10 Å². The van der Waals surface area contributed by atoms with Gasteiger partial charge in [-0.25, -0.2) is 0 Å². The molecule has 2 heteroatoms. The van der Waals surface area contributed by atoms with Gasteiger partial charge in [-0.15, -0.1) is 0 Å². The van der Waals surface area contributed by atoms with Crippen LogP contribution in [0.15, 0.2) is 0 Å². The molecule has 90 valence electrons. The Kier molecular flexibility index (Phi) is 6.26. The van der Waals surface area contributed by atoms with E-state index >= 15 is 0 Å². The van der Waals surface area contributed by atoms with Crippen LogP contribution in [0, 0.1) is 5.92 Å². The lowest BCUT2D eigenvalue weighted by Crippen LogP contribution is -2.29. The van der Waals surface area contributed by atoms with E-state index in [2.05, 4.69) is 12.2 Å². The standard InChI is InChI=1S/C13H27NO/c1-11-5-3-7-13(9-8-11)14-10-4-6-12(2)15/h11-15H,3-10H2,1-2H3. The maximum Gasteiger partial charge on any atom is 0.0512 e. The second kappa shape index (κ2) is 7.24. The minimum absolute atomic E-state index is 0.138. The van der Waals surface area contributed by atoms with Gasteiger partial charge in [0.15, 0.2) is 0 Å². The highest BCUT2D eigenvalue weighted by Gasteiger charge is 2.15. The van der Waals surface area contributed by atoms with Crippen LogP contribution in [0.2, 0.25) is 0 Å². The largest absolute Gasteiger partial charge is 0.393 e. The normalized spacial score (nSPS) is 29.8. The molecule has 3 atom stereocenters. The Bertz CT molecular complexity index is 159. The fraction of sp³-hybridized carbons (Fsp3) is 1.00. The van der Waals surface area contributed by atoms with E-state index in [0.717, 1.165) is 31.3 Å². The molecular formula is C13H27NO. The highest BCUT2D eigenvalue weighted by atomic mass is 16.3. The fourth-order valence-electron chi connectivity index (χ4n) is 2.39. The highest BCUT2D eigenvalue weighted by molar-refractivity contribution is 4.73. The van der Waals surface area contributed by atoms with Crippen LogP contribution in [0.4, 0.5) is 0 Å². The van der Waals surface area contributed by atoms with Crippen LogP contribution in [0.25, 0.3) is 0 Å². The molecule has 0 spiro atoms. The van der Waals surface area contributed by atoms with Crippen LogP contribution in [0.5, 0.6) is 0 Å². The quantitative estimate of drug-likeness (QED) is 0.543. The van der Waals surface area contributed by atoms with E-state index in [4.69, 9.17) is 5.11 Å². The molecule has 1 rings (SSSR count). The molecule has 15 heavy (non-hydrogen) atoms. The zero-order chi connectivity index (χ0) is 11.1. The summed E-state index contributed by atoms with van der Waals surface area (Å²) in [6, 6.07) is 0.740. The molecule has 1 aliphatic carbocycles. The zero-order valence-electron chi connectivity index (χ0n) is 10.3. The number of hydrogen-bond acceptors (Lipinski definition) is 2. The molecule has 1 saturated carbocycles. The van der Waals surface area contributed by atoms with Crippen LogP contribution in [-0.4, -0.2) is 23.8 Å². The predicted octanol–water partition coefficient (Wildman–Crippen LogP) is 2.71. The van der Waals surface area contributed by atoms with Crippen molar-refractivity contribution in [1.29, 1.82) is 0 Å². The van der Waals surface area contributed by atoms with Crippen molar-refractivity contribution in [1.82, 2.24) is 5.32 Å². The Hall–Kier alpha value is -0.0800. The molecular weight excluding hydrogens is 186 g/mol. The smallest absolute Gasteiger partial charge is 0.0512 e. The first-order valence-electron chi connectivity index (χ1n) is 6.60. The monoisotopic (exact) mass is 213 g/mol. The van der Waals surface area contributed by atoms with Crippen LogP contribution in [0.3, 0.4) is 0 Å². The second-order valence-electron chi connectivity index (χ2n) is 5.26. The van der Waals surface area contributed by atoms with Crippen molar-refractivity contribution in [3.63, 3.8) is 0 Å². The van der Waals surface area contributed by atoms with E-state index in [9.17, 15) is 0 Å². The molecule has 0 aromatic carbocycles. The maximum absolute atomic E-state index is 9.14. The van der Waals surface area contributed by atoms with E-state index in [1.54, 1.807) is 0 Å². The number of rotatable bonds is 5. The zero-order valence-corrected chi connectivity index (χ0v) is 10.3. The van der Waals surface area contributed by atoms with E-state index in [1.165, 1.54) is 32.1 Å². The van der Waals surface area contributed by atoms with Gasteiger partial charge in [-0.05, 0) is 51.5 Å². The summed E-state index contributed by atoms with van der Waals surface area (Å²) in [6.07, 6.45) is 8.75. The summed E-state index contributed by atoms with van der Waals surface area (Å²) in [5, 5.41) is 12.8. The minimum Gasteiger partial charge on any atom is -0.393 e. The average molecular weight is 213 g/mol. The van der Waals surface area contributed by atoms with Crippen molar-refractivity contribution in [2.24, 2.45) is 5.92 Å². The van der Waals surface area contributed by atoms with Gasteiger partial charge in [0.2, 0.25) is 0 Å². The van der Waals surface area contributed by atoms with Gasteiger partial charge in [0.1, 0.15) is 0 Å². The van der Waals surface area contributed by atoms with Crippen LogP contribution >= 0.6 is 0 Å². The lowest BCUT2D eigenvalue weighted by Gasteiger charge is -2.16. The molecule has 1 aliphatic rings. The van der Waals surface area contributed by atoms with Crippen molar-refractivity contribution in [2.45, 2.75) is 70.9 Å². The number of nitrogens with one attached hydrogen (secondary N) is 1. The molecule has 0 bridgehead atoms. The summed E-state index contributed by atoms with van der Waals surface area (Å²) in [4.78, 5) is 0. The van der Waals surface area contributed by atoms with Gasteiger partial charge in [-0.3, -0.25) is 0 Å². The van der Waals surface area contributed by atoms with Crippen LogP contribution in [0.1, 0.15) is 58.8 Å². The molecule has 2 N–H and O–H groups in total. The molecule has 0 amide bonds. The summed E-state index contributed by atoms with van der Waals surface area (Å²) in [7, 11) is 0. The molecule has 0 aromatic heterocycles. The van der Waals surface area contributed by atoms with Crippen molar-refractivity contribution in [3.05, 3.63) is 0 Å². The van der Waals surface area contributed by atoms with Gasteiger partial charge < -0.3 is 10.4 Å². The molecule has 0 saturated heterocycles. The lowest BCUT2D eigenvalue weighted by atomic mass is 10.0. The van der Waals surface area contributed by atoms with Crippen LogP contribution in [-0.2, 0) is 0 Å². The molecule has 0 heterocycles. The van der Waals surface area contributed by atoms with Crippen molar-refractivity contribution in [3.8, 4) is 0 Å². The van der Waals surface area contributed by atoms with Gasteiger partial charge in [0, 0.05) is 6.04 Å². The third-order valence-corrected chi connectivity index (χ3v) is 3.49.